The number of carbonyl (C=O) groups excluding carboxylic acids is 1. The Labute approximate surface area is 124 Å². The number of hydrogen-bond acceptors (Lipinski definition) is 3. The van der Waals surface area contributed by atoms with Crippen LogP contribution in [0.2, 0.25) is 0 Å². The molecule has 0 bridgehead atoms. The van der Waals surface area contributed by atoms with Crippen LogP contribution in [0.25, 0.3) is 0 Å². The molecule has 0 radical (unpaired) electrons. The number of likely N-dealkylation sites (N-methyl/N-ethyl adjacent to an activating group) is 1. The fraction of sp³-hybridized carbons (Fsp3) is 0.467. The van der Waals surface area contributed by atoms with Gasteiger partial charge in [-0.2, -0.15) is 0 Å². The third-order valence-electron chi connectivity index (χ3n) is 3.26. The average Bonchev–Trinajstić information content (AvgIpc) is 2.41. The summed E-state index contributed by atoms with van der Waals surface area (Å²) in [5.74, 6) is -1.01. The summed E-state index contributed by atoms with van der Waals surface area (Å²) in [6, 6.07) is 4.49. The highest BCUT2D eigenvalue weighted by molar-refractivity contribution is 5.94. The van der Waals surface area contributed by atoms with E-state index in [1.54, 1.807) is 31.1 Å². The third kappa shape index (κ3) is 4.46. The third-order valence-corrected chi connectivity index (χ3v) is 3.26. The Hall–Kier alpha value is -2.08. The van der Waals surface area contributed by atoms with Gasteiger partial charge in [0.25, 0.3) is 0 Å². The van der Waals surface area contributed by atoms with Crippen LogP contribution in [0.1, 0.15) is 29.8 Å². The summed E-state index contributed by atoms with van der Waals surface area (Å²) in [7, 11) is 1.58. The molecule has 0 saturated carbocycles. The Bertz CT molecular complexity index is 516. The van der Waals surface area contributed by atoms with Gasteiger partial charge in [0.2, 0.25) is 0 Å². The standard InChI is InChI=1S/C15H22N2O4/c1-5-17(11(3)9-21-4)15(20)16-12-7-6-10(2)13(8-12)14(18)19/h6-8,11H,5,9H2,1-4H3,(H,16,20)(H,18,19). The molecule has 0 heterocycles. The Balaban J connectivity index is 2.87. The molecule has 0 aliphatic rings. The summed E-state index contributed by atoms with van der Waals surface area (Å²) in [6.45, 7) is 6.46. The number of carboxylic acid groups (broad SMARTS) is 1. The largest absolute Gasteiger partial charge is 0.478 e. The van der Waals surface area contributed by atoms with E-state index in [9.17, 15) is 9.59 Å². The van der Waals surface area contributed by atoms with Crippen LogP contribution >= 0.6 is 0 Å². The Morgan fingerprint density at radius 1 is 1.43 bits per heavy atom. The summed E-state index contributed by atoms with van der Waals surface area (Å²) < 4.78 is 5.05. The first-order chi connectivity index (χ1) is 9.90. The minimum absolute atomic E-state index is 0.0654. The highest BCUT2D eigenvalue weighted by atomic mass is 16.5. The van der Waals surface area contributed by atoms with E-state index in [4.69, 9.17) is 9.84 Å². The lowest BCUT2D eigenvalue weighted by molar-refractivity contribution is 0.0696. The molecule has 0 fully saturated rings. The van der Waals surface area contributed by atoms with Gasteiger partial charge >= 0.3 is 12.0 Å². The molecule has 0 aromatic heterocycles. The first-order valence-electron chi connectivity index (χ1n) is 6.81. The Kier molecular flexibility index (Phi) is 6.17. The molecule has 1 unspecified atom stereocenters. The molecule has 0 saturated heterocycles. The van der Waals surface area contributed by atoms with Crippen molar-refractivity contribution in [3.05, 3.63) is 29.3 Å². The zero-order chi connectivity index (χ0) is 16.0. The smallest absolute Gasteiger partial charge is 0.336 e. The van der Waals surface area contributed by atoms with E-state index in [1.165, 1.54) is 6.07 Å². The molecule has 2 amide bonds. The summed E-state index contributed by atoms with van der Waals surface area (Å²) in [5, 5.41) is 11.8. The van der Waals surface area contributed by atoms with Gasteiger partial charge in [0, 0.05) is 19.3 Å². The molecule has 1 rings (SSSR count). The molecule has 1 aromatic carbocycles. The maximum absolute atomic E-state index is 12.2. The van der Waals surface area contributed by atoms with E-state index < -0.39 is 5.97 Å². The zero-order valence-electron chi connectivity index (χ0n) is 12.8. The van der Waals surface area contributed by atoms with Gasteiger partial charge in [-0.05, 0) is 38.5 Å². The number of hydrogen-bond donors (Lipinski definition) is 2. The van der Waals surface area contributed by atoms with E-state index >= 15 is 0 Å². The molecule has 21 heavy (non-hydrogen) atoms. The van der Waals surface area contributed by atoms with E-state index in [0.29, 0.717) is 24.4 Å². The number of aromatic carboxylic acids is 1. The van der Waals surface area contributed by atoms with E-state index in [0.717, 1.165) is 0 Å². The van der Waals surface area contributed by atoms with Crippen molar-refractivity contribution in [2.45, 2.75) is 26.8 Å². The number of amides is 2. The second-order valence-electron chi connectivity index (χ2n) is 4.86. The van der Waals surface area contributed by atoms with Gasteiger partial charge in [0.1, 0.15) is 0 Å². The van der Waals surface area contributed by atoms with Crippen molar-refractivity contribution in [3.63, 3.8) is 0 Å². The second-order valence-corrected chi connectivity index (χ2v) is 4.86. The van der Waals surface area contributed by atoms with Crippen LogP contribution in [0.5, 0.6) is 0 Å². The normalized spacial score (nSPS) is 11.8. The maximum atomic E-state index is 12.2. The lowest BCUT2D eigenvalue weighted by Crippen LogP contribution is -2.43. The molecule has 6 heteroatoms. The molecule has 116 valence electrons. The van der Waals surface area contributed by atoms with Gasteiger partial charge in [0.15, 0.2) is 0 Å². The van der Waals surface area contributed by atoms with Crippen LogP contribution in [0.4, 0.5) is 10.5 Å². The highest BCUT2D eigenvalue weighted by Crippen LogP contribution is 2.16. The van der Waals surface area contributed by atoms with Crippen LogP contribution in [-0.2, 0) is 4.74 Å². The number of rotatable bonds is 6. The summed E-state index contributed by atoms with van der Waals surface area (Å²) in [5.41, 5.74) is 1.30. The van der Waals surface area contributed by atoms with E-state index in [2.05, 4.69) is 5.32 Å². The van der Waals surface area contributed by atoms with Gasteiger partial charge in [0.05, 0.1) is 18.2 Å². The first-order valence-corrected chi connectivity index (χ1v) is 6.81. The van der Waals surface area contributed by atoms with E-state index in [-0.39, 0.29) is 17.6 Å². The molecular weight excluding hydrogens is 272 g/mol. The summed E-state index contributed by atoms with van der Waals surface area (Å²) >= 11 is 0. The van der Waals surface area contributed by atoms with Gasteiger partial charge < -0.3 is 20.1 Å². The van der Waals surface area contributed by atoms with E-state index in [1.807, 2.05) is 13.8 Å². The maximum Gasteiger partial charge on any atom is 0.336 e. The molecular formula is C15H22N2O4. The quantitative estimate of drug-likeness (QED) is 0.845. The highest BCUT2D eigenvalue weighted by Gasteiger charge is 2.19. The fourth-order valence-electron chi connectivity index (χ4n) is 2.11. The van der Waals surface area contributed by atoms with Gasteiger partial charge in [-0.15, -0.1) is 0 Å². The lowest BCUT2D eigenvalue weighted by atomic mass is 10.1. The van der Waals surface area contributed by atoms with Crippen LogP contribution in [0.3, 0.4) is 0 Å². The predicted molar refractivity (Wildman–Crippen MR) is 80.9 cm³/mol. The number of nitrogens with zero attached hydrogens (tertiary/aromatic N) is 1. The predicted octanol–water partition coefficient (Wildman–Crippen LogP) is 2.58. The minimum atomic E-state index is -1.01. The average molecular weight is 294 g/mol. The molecule has 0 aliphatic carbocycles. The Morgan fingerprint density at radius 3 is 2.62 bits per heavy atom. The minimum Gasteiger partial charge on any atom is -0.478 e. The number of nitrogens with one attached hydrogen (secondary N) is 1. The van der Waals surface area contributed by atoms with Crippen molar-refractivity contribution < 1.29 is 19.4 Å². The molecule has 0 aliphatic heterocycles. The molecule has 2 N–H and O–H groups in total. The monoisotopic (exact) mass is 294 g/mol. The van der Waals surface area contributed by atoms with Crippen LogP contribution in [-0.4, -0.2) is 48.3 Å². The van der Waals surface area contributed by atoms with Crippen LogP contribution in [0, 0.1) is 6.92 Å². The van der Waals surface area contributed by atoms with Gasteiger partial charge in [-0.1, -0.05) is 6.07 Å². The summed E-state index contributed by atoms with van der Waals surface area (Å²) in [4.78, 5) is 25.0. The summed E-state index contributed by atoms with van der Waals surface area (Å²) in [6.07, 6.45) is 0. The number of benzene rings is 1. The Morgan fingerprint density at radius 2 is 2.10 bits per heavy atom. The van der Waals surface area contributed by atoms with Crippen molar-refractivity contribution in [3.8, 4) is 0 Å². The van der Waals surface area contributed by atoms with Crippen molar-refractivity contribution in [1.82, 2.24) is 4.90 Å². The molecule has 1 atom stereocenters. The number of ether oxygens (including phenoxy) is 1. The number of urea groups is 1. The number of anilines is 1. The number of carboxylic acids is 1. The fourth-order valence-corrected chi connectivity index (χ4v) is 2.11. The topological polar surface area (TPSA) is 78.9 Å². The zero-order valence-corrected chi connectivity index (χ0v) is 12.8. The molecule has 0 spiro atoms. The van der Waals surface area contributed by atoms with Gasteiger partial charge in [-0.3, -0.25) is 0 Å². The number of methoxy groups -OCH3 is 1. The van der Waals surface area contributed by atoms with Crippen LogP contribution < -0.4 is 5.32 Å². The molecule has 6 nitrogen and oxygen atoms in total. The van der Waals surface area contributed by atoms with Gasteiger partial charge in [-0.25, -0.2) is 9.59 Å². The number of aryl methyl sites for hydroxylation is 1. The van der Waals surface area contributed by atoms with Crippen molar-refractivity contribution >= 4 is 17.7 Å². The van der Waals surface area contributed by atoms with Crippen molar-refractivity contribution in [1.29, 1.82) is 0 Å². The first kappa shape index (κ1) is 17.0. The lowest BCUT2D eigenvalue weighted by Gasteiger charge is -2.27. The van der Waals surface area contributed by atoms with Crippen molar-refractivity contribution in [2.24, 2.45) is 0 Å². The SMILES string of the molecule is CCN(C(=O)Nc1ccc(C)c(C(=O)O)c1)C(C)COC. The van der Waals surface area contributed by atoms with Crippen molar-refractivity contribution in [2.75, 3.05) is 25.6 Å². The number of carbonyl (C=O) groups is 2. The second kappa shape index (κ2) is 7.64. The van der Waals surface area contributed by atoms with Crippen LogP contribution in [0.15, 0.2) is 18.2 Å². The molecule has 1 aromatic rings.